The van der Waals surface area contributed by atoms with Gasteiger partial charge in [-0.3, -0.25) is 9.69 Å². The van der Waals surface area contributed by atoms with E-state index in [2.05, 4.69) is 0 Å². The van der Waals surface area contributed by atoms with Crippen molar-refractivity contribution in [2.24, 2.45) is 0 Å². The third kappa shape index (κ3) is 2.97. The number of hydrogen-bond acceptors (Lipinski definition) is 3. The van der Waals surface area contributed by atoms with Crippen molar-refractivity contribution >= 4 is 17.6 Å². The Morgan fingerprint density at radius 1 is 1.24 bits per heavy atom. The van der Waals surface area contributed by atoms with Gasteiger partial charge in [0.05, 0.1) is 5.69 Å². The predicted octanol–water partition coefficient (Wildman–Crippen LogP) is 0.721. The van der Waals surface area contributed by atoms with Crippen LogP contribution in [0.5, 0.6) is 0 Å². The predicted molar refractivity (Wildman–Crippen MR) is 53.2 cm³/mol. The van der Waals surface area contributed by atoms with E-state index in [1.165, 1.54) is 0 Å². The summed E-state index contributed by atoms with van der Waals surface area (Å²) in [6, 6.07) is 2.06. The Morgan fingerprint density at radius 3 is 2.06 bits per heavy atom. The molecule has 1 amide bonds. The van der Waals surface area contributed by atoms with Gasteiger partial charge in [-0.15, -0.1) is 0 Å². The Bertz CT molecular complexity index is 443. The van der Waals surface area contributed by atoms with Crippen LogP contribution in [0, 0.1) is 11.6 Å². The van der Waals surface area contributed by atoms with E-state index in [0.717, 1.165) is 19.1 Å². The number of nitrogens with zero attached hydrogens (tertiary/aromatic N) is 1. The number of aliphatic hydroxyl groups is 1. The summed E-state index contributed by atoms with van der Waals surface area (Å²) in [5.41, 5.74) is -0.370. The first-order valence-corrected chi connectivity index (χ1v) is 4.49. The van der Waals surface area contributed by atoms with Gasteiger partial charge in [0.2, 0.25) is 12.1 Å². The maximum absolute atomic E-state index is 12.9. The molecule has 0 bridgehead atoms. The molecule has 0 aromatic heterocycles. The monoisotopic (exact) mass is 245 g/mol. The summed E-state index contributed by atoms with van der Waals surface area (Å²) in [5.74, 6) is -4.53. The summed E-state index contributed by atoms with van der Waals surface area (Å²) < 4.78 is 25.8. The molecule has 0 saturated carbocycles. The van der Waals surface area contributed by atoms with Gasteiger partial charge in [-0.1, -0.05) is 0 Å². The van der Waals surface area contributed by atoms with Crippen molar-refractivity contribution in [3.05, 3.63) is 29.8 Å². The fourth-order valence-corrected chi connectivity index (χ4v) is 1.28. The Hall–Kier alpha value is -2.02. The number of hydrogen-bond donors (Lipinski definition) is 2. The minimum absolute atomic E-state index is 0.370. The lowest BCUT2D eigenvalue weighted by Gasteiger charge is -2.23. The van der Waals surface area contributed by atoms with Crippen LogP contribution in [0.3, 0.4) is 0 Å². The normalized spacial score (nSPS) is 12.0. The number of carboxylic acids is 1. The van der Waals surface area contributed by atoms with Gasteiger partial charge in [0, 0.05) is 13.0 Å². The summed E-state index contributed by atoms with van der Waals surface area (Å²) in [7, 11) is 0. The zero-order valence-corrected chi connectivity index (χ0v) is 8.72. The van der Waals surface area contributed by atoms with Gasteiger partial charge in [0.1, 0.15) is 11.6 Å². The zero-order chi connectivity index (χ0) is 13.2. The van der Waals surface area contributed by atoms with Gasteiger partial charge in [0.25, 0.3) is 0 Å². The van der Waals surface area contributed by atoms with E-state index >= 15 is 0 Å². The molecule has 1 atom stereocenters. The van der Waals surface area contributed by atoms with Crippen molar-refractivity contribution in [1.82, 2.24) is 0 Å². The topological polar surface area (TPSA) is 77.8 Å². The van der Waals surface area contributed by atoms with Gasteiger partial charge in [-0.25, -0.2) is 13.6 Å². The average Bonchev–Trinajstić information content (AvgIpc) is 2.15. The van der Waals surface area contributed by atoms with Crippen molar-refractivity contribution in [2.45, 2.75) is 13.2 Å². The van der Waals surface area contributed by atoms with E-state index in [1.54, 1.807) is 0 Å². The zero-order valence-electron chi connectivity index (χ0n) is 8.72. The number of halogens is 2. The van der Waals surface area contributed by atoms with Crippen LogP contribution in [-0.2, 0) is 9.59 Å². The van der Waals surface area contributed by atoms with E-state index in [4.69, 9.17) is 5.11 Å². The third-order valence-corrected chi connectivity index (χ3v) is 1.93. The molecule has 0 spiro atoms. The van der Waals surface area contributed by atoms with Crippen LogP contribution in [0.25, 0.3) is 0 Å². The highest BCUT2D eigenvalue weighted by Gasteiger charge is 2.27. The lowest BCUT2D eigenvalue weighted by atomic mass is 10.2. The van der Waals surface area contributed by atoms with E-state index < -0.39 is 29.7 Å². The lowest BCUT2D eigenvalue weighted by Crippen LogP contribution is -2.44. The van der Waals surface area contributed by atoms with E-state index in [0.29, 0.717) is 11.0 Å². The first-order chi connectivity index (χ1) is 7.82. The lowest BCUT2D eigenvalue weighted by molar-refractivity contribution is -0.148. The summed E-state index contributed by atoms with van der Waals surface area (Å²) in [4.78, 5) is 22.1. The van der Waals surface area contributed by atoms with Crippen LogP contribution in [0.4, 0.5) is 14.5 Å². The van der Waals surface area contributed by atoms with Crippen molar-refractivity contribution < 1.29 is 28.6 Å². The van der Waals surface area contributed by atoms with Crippen LogP contribution >= 0.6 is 0 Å². The maximum atomic E-state index is 12.9. The van der Waals surface area contributed by atoms with E-state index in [1.807, 2.05) is 0 Å². The second kappa shape index (κ2) is 4.88. The van der Waals surface area contributed by atoms with Gasteiger partial charge in [-0.2, -0.15) is 0 Å². The molecule has 5 nitrogen and oxygen atoms in total. The molecule has 2 N–H and O–H groups in total. The molecule has 0 aliphatic rings. The van der Waals surface area contributed by atoms with Crippen LogP contribution in [0.1, 0.15) is 6.92 Å². The first-order valence-electron chi connectivity index (χ1n) is 4.49. The molecule has 1 aromatic rings. The number of anilines is 1. The number of rotatable bonds is 3. The molecule has 0 saturated heterocycles. The molecular weight excluding hydrogens is 236 g/mol. The molecule has 0 heterocycles. The highest BCUT2D eigenvalue weighted by atomic mass is 19.1. The number of carbonyl (C=O) groups excluding carboxylic acids is 1. The third-order valence-electron chi connectivity index (χ3n) is 1.93. The average molecular weight is 245 g/mol. The molecule has 0 aliphatic carbocycles. The molecule has 1 rings (SSSR count). The molecule has 0 radical (unpaired) electrons. The number of benzene rings is 1. The Balaban J connectivity index is 3.23. The minimum Gasteiger partial charge on any atom is -0.478 e. The van der Waals surface area contributed by atoms with Crippen molar-refractivity contribution in [3.8, 4) is 0 Å². The van der Waals surface area contributed by atoms with Gasteiger partial charge in [0.15, 0.2) is 0 Å². The second-order valence-corrected chi connectivity index (χ2v) is 3.23. The standard InChI is InChI=1S/C10H9F2NO4/c1-5(14)13(9(15)10(16)17)8-3-6(11)2-7(12)4-8/h2-4,9,15H,1H3,(H,16,17). The maximum Gasteiger partial charge on any atom is 0.354 e. The van der Waals surface area contributed by atoms with Crippen LogP contribution in [-0.4, -0.2) is 28.3 Å². The first kappa shape index (κ1) is 13.0. The summed E-state index contributed by atoms with van der Waals surface area (Å²) in [6.45, 7) is 0.967. The fourth-order valence-electron chi connectivity index (χ4n) is 1.28. The molecule has 17 heavy (non-hydrogen) atoms. The van der Waals surface area contributed by atoms with E-state index in [-0.39, 0.29) is 5.69 Å². The molecule has 1 unspecified atom stereocenters. The molecule has 7 heteroatoms. The van der Waals surface area contributed by atoms with Crippen molar-refractivity contribution in [2.75, 3.05) is 4.90 Å². The largest absolute Gasteiger partial charge is 0.478 e. The Labute approximate surface area is 94.9 Å². The van der Waals surface area contributed by atoms with Crippen molar-refractivity contribution in [3.63, 3.8) is 0 Å². The summed E-state index contributed by atoms with van der Waals surface area (Å²) >= 11 is 0. The summed E-state index contributed by atoms with van der Waals surface area (Å²) in [6.07, 6.45) is -2.20. The number of aliphatic hydroxyl groups excluding tert-OH is 1. The van der Waals surface area contributed by atoms with Gasteiger partial charge < -0.3 is 10.2 Å². The SMILES string of the molecule is CC(=O)N(c1cc(F)cc(F)c1)C(O)C(=O)O. The van der Waals surface area contributed by atoms with Gasteiger partial charge in [-0.05, 0) is 12.1 Å². The molecular formula is C10H9F2NO4. The number of carboxylic acid groups (broad SMARTS) is 1. The molecule has 92 valence electrons. The molecule has 1 aromatic carbocycles. The number of amides is 1. The highest BCUT2D eigenvalue weighted by molar-refractivity contribution is 5.96. The minimum atomic E-state index is -2.20. The van der Waals surface area contributed by atoms with E-state index in [9.17, 15) is 23.5 Å². The summed E-state index contributed by atoms with van der Waals surface area (Å²) in [5, 5.41) is 17.8. The van der Waals surface area contributed by atoms with Gasteiger partial charge >= 0.3 is 5.97 Å². The number of aliphatic carboxylic acids is 1. The molecule has 0 aliphatic heterocycles. The fraction of sp³-hybridized carbons (Fsp3) is 0.200. The quantitative estimate of drug-likeness (QED) is 0.769. The highest BCUT2D eigenvalue weighted by Crippen LogP contribution is 2.20. The Morgan fingerprint density at radius 2 is 1.71 bits per heavy atom. The van der Waals surface area contributed by atoms with Crippen LogP contribution in [0.2, 0.25) is 0 Å². The number of carbonyl (C=O) groups is 2. The second-order valence-electron chi connectivity index (χ2n) is 3.23. The van der Waals surface area contributed by atoms with Crippen molar-refractivity contribution in [1.29, 1.82) is 0 Å². The van der Waals surface area contributed by atoms with Crippen LogP contribution in [0.15, 0.2) is 18.2 Å². The molecule has 0 fully saturated rings. The smallest absolute Gasteiger partial charge is 0.354 e. The van der Waals surface area contributed by atoms with Crippen LogP contribution < -0.4 is 4.90 Å². The Kier molecular flexibility index (Phi) is 3.74.